The van der Waals surface area contributed by atoms with Gasteiger partial charge in [-0.25, -0.2) is 39.9 Å². The Labute approximate surface area is 808 Å². The van der Waals surface area contributed by atoms with Crippen molar-refractivity contribution in [2.75, 3.05) is 21.3 Å². The molecule has 0 radical (unpaired) electrons. The van der Waals surface area contributed by atoms with Gasteiger partial charge in [-0.2, -0.15) is 0 Å². The second-order valence-electron chi connectivity index (χ2n) is 31.3. The number of allylic oxidation sites excluding steroid dienone is 2. The zero-order valence-electron chi connectivity index (χ0n) is 76.3. The Morgan fingerprint density at radius 2 is 0.522 bits per heavy atom. The Balaban J connectivity index is 0.000000153. The van der Waals surface area contributed by atoms with Crippen molar-refractivity contribution >= 4 is 164 Å². The van der Waals surface area contributed by atoms with Crippen molar-refractivity contribution in [2.24, 2.45) is 0 Å². The summed E-state index contributed by atoms with van der Waals surface area (Å²) in [4.78, 5) is 91.1. The number of nitrogens with zero attached hydrogens (tertiary/aromatic N) is 8. The first-order chi connectivity index (χ1) is 66.1. The van der Waals surface area contributed by atoms with E-state index in [0.29, 0.717) is 36.1 Å². The second kappa shape index (κ2) is 49.2. The summed E-state index contributed by atoms with van der Waals surface area (Å²) in [7, 11) is 0. The molecule has 0 aliphatic carbocycles. The number of hydrogen-bond donors (Lipinski definition) is 8. The van der Waals surface area contributed by atoms with Crippen molar-refractivity contribution in [1.82, 2.24) is 39.9 Å². The molecule has 8 aromatic carbocycles. The minimum absolute atomic E-state index is 0.000931. The summed E-state index contributed by atoms with van der Waals surface area (Å²) < 4.78 is 0. The number of carbonyl (C=O) groups is 4. The number of nitrogens with one attached hydrogen (secondary N) is 4. The SMILES string of the molecule is C=CCc1c(C)nc(-c2ccc(/C=C/c3ccccc3)s2)nc1Nc1ccc(CC(=O)O)cc1.C=CCc1c(CC)nc(-c2ccc(/C=C/c3ccccc3)s2)nc1Nc1ccc(CC(=O)O)cc1.CCc1c(C)nc(-c2ccc(/C=C/c3ccccc3)s2)nc1Nc1ccc(CC(=O)O)cc1.CCc1nc(-c2ccc(/C=C/c3ccccc3)s2)nc(Nc2ccc(CC(=O)O)cc2)c1CC. The van der Waals surface area contributed by atoms with E-state index in [0.717, 1.165) is 200 Å². The molecular weight excluding hydrogens is 1770 g/mol. The van der Waals surface area contributed by atoms with E-state index in [9.17, 15) is 19.2 Å². The van der Waals surface area contributed by atoms with Crippen LogP contribution in [-0.2, 0) is 83.4 Å². The zero-order chi connectivity index (χ0) is 95.7. The van der Waals surface area contributed by atoms with E-state index >= 15 is 0 Å². The molecule has 0 amide bonds. The van der Waals surface area contributed by atoms with Gasteiger partial charge in [0.25, 0.3) is 0 Å². The van der Waals surface area contributed by atoms with E-state index in [2.05, 4.69) is 202 Å². The van der Waals surface area contributed by atoms with Crippen molar-refractivity contribution in [3.8, 4) is 42.8 Å². The lowest BCUT2D eigenvalue weighted by molar-refractivity contribution is -0.137. The fraction of sp³-hybridized carbons (Fsp3) is 0.143. The number of benzene rings is 8. The third-order valence-corrected chi connectivity index (χ3v) is 25.5. The zero-order valence-corrected chi connectivity index (χ0v) is 79.6. The Hall–Kier alpha value is -15.6. The second-order valence-corrected chi connectivity index (χ2v) is 35.8. The van der Waals surface area contributed by atoms with Crippen LogP contribution in [0.2, 0.25) is 0 Å². The standard InChI is InChI=1S/C29H27N3O2S.C28H25N3O2S.C28H27N3O2S.C27H25N3O2S/c1-3-8-24-25(4-2)31-29(26-18-17-23(35-26)16-13-20-9-6-5-7-10-20)32-28(24)30-22-14-11-21(12-15-22)19-27(33)34;1-3-7-24-19(2)29-28(25-17-16-23(34-25)15-12-20-8-5-4-6-9-20)31-27(24)30-22-13-10-21(11-14-22)18-26(32)33;1-3-23-24(4-2)30-28(25-17-16-22(34-25)15-12-19-8-6-5-7-9-19)31-27(23)29-21-13-10-20(11-14-21)18-26(32)33;1-3-23-18(2)28-27(24-16-15-22(33-24)14-11-19-7-5-4-6-8-19)30-26(23)29-21-12-9-20(10-13-21)17-25(31)32/h3,5-7,9-18H,1,4,8,19H2,2H3,(H,33,34)(H,30,31,32);3-6,8-17H,1,7,18H2,2H3,(H,32,33)(H,29,30,31);5-17H,3-4,18H2,1-2H3,(H,32,33)(H,29,30,31);4-16H,3,17H2,1-2H3,(H,31,32)(H,28,29,30)/b16-13+;2*15-12+;14-11+. The van der Waals surface area contributed by atoms with Crippen LogP contribution < -0.4 is 21.3 Å². The number of thiophene rings is 4. The summed E-state index contributed by atoms with van der Waals surface area (Å²) in [5.41, 5.74) is 19.1. The average Bonchev–Trinajstić information content (AvgIpc) is 0.984. The molecular formula is C112H104N12O8S4. The van der Waals surface area contributed by atoms with Gasteiger partial charge in [0.05, 0.1) is 45.2 Å². The third-order valence-electron chi connectivity index (χ3n) is 21.3. The van der Waals surface area contributed by atoms with E-state index in [-0.39, 0.29) is 25.7 Å². The first kappa shape index (κ1) is 97.9. The van der Waals surface area contributed by atoms with E-state index in [1.807, 2.05) is 202 Å². The highest BCUT2D eigenvalue weighted by molar-refractivity contribution is 7.17. The predicted molar refractivity (Wildman–Crippen MR) is 562 cm³/mol. The predicted octanol–water partition coefficient (Wildman–Crippen LogP) is 27.3. The number of carboxylic acid groups (broad SMARTS) is 4. The van der Waals surface area contributed by atoms with Crippen molar-refractivity contribution in [3.05, 3.63) is 401 Å². The Bertz CT molecular complexity index is 6900. The normalized spacial score (nSPS) is 11.0. The molecule has 136 heavy (non-hydrogen) atoms. The minimum atomic E-state index is -0.848. The van der Waals surface area contributed by atoms with Gasteiger partial charge in [0.2, 0.25) is 0 Å². The molecule has 16 aromatic rings. The number of aliphatic carboxylic acids is 4. The van der Waals surface area contributed by atoms with Crippen molar-refractivity contribution < 1.29 is 39.6 Å². The van der Waals surface area contributed by atoms with Gasteiger partial charge in [-0.15, -0.1) is 58.5 Å². The fourth-order valence-electron chi connectivity index (χ4n) is 14.5. The molecule has 0 saturated heterocycles. The largest absolute Gasteiger partial charge is 0.481 e. The van der Waals surface area contributed by atoms with Crippen LogP contribution >= 0.6 is 45.3 Å². The lowest BCUT2D eigenvalue weighted by Crippen LogP contribution is -2.07. The van der Waals surface area contributed by atoms with Crippen molar-refractivity contribution in [2.45, 2.75) is 106 Å². The summed E-state index contributed by atoms with van der Waals surface area (Å²) in [6.45, 7) is 20.2. The number of hydrogen-bond acceptors (Lipinski definition) is 20. The minimum Gasteiger partial charge on any atom is -0.481 e. The molecule has 0 aliphatic rings. The molecule has 0 aliphatic heterocycles. The smallest absolute Gasteiger partial charge is 0.307 e. The number of rotatable bonds is 36. The Morgan fingerprint density at radius 1 is 0.279 bits per heavy atom. The van der Waals surface area contributed by atoms with Gasteiger partial charge in [0.1, 0.15) is 23.3 Å². The molecule has 0 bridgehead atoms. The lowest BCUT2D eigenvalue weighted by Gasteiger charge is -2.15. The Kier molecular flexibility index (Phi) is 35.4. The van der Waals surface area contributed by atoms with E-state index in [1.54, 1.807) is 45.3 Å². The van der Waals surface area contributed by atoms with Gasteiger partial charge >= 0.3 is 23.9 Å². The molecule has 24 heteroatoms. The first-order valence-corrected chi connectivity index (χ1v) is 47.8. The van der Waals surface area contributed by atoms with E-state index in [1.165, 1.54) is 0 Å². The Morgan fingerprint density at radius 3 is 0.787 bits per heavy atom. The molecule has 16 rings (SSSR count). The van der Waals surface area contributed by atoms with E-state index in [4.69, 9.17) is 60.3 Å². The summed E-state index contributed by atoms with van der Waals surface area (Å²) >= 11 is 6.61. The highest BCUT2D eigenvalue weighted by atomic mass is 32.1. The molecule has 0 unspecified atom stereocenters. The third kappa shape index (κ3) is 28.7. The summed E-state index contributed by atoms with van der Waals surface area (Å²) in [5.74, 6) is 2.43. The number of aromatic nitrogens is 8. The van der Waals surface area contributed by atoms with Crippen LogP contribution in [0.15, 0.2) is 292 Å². The van der Waals surface area contributed by atoms with E-state index < -0.39 is 23.9 Å². The molecule has 8 N–H and O–H groups in total. The molecule has 8 heterocycles. The molecule has 8 aromatic heterocycles. The van der Waals surface area contributed by atoms with Gasteiger partial charge in [-0.05, 0) is 218 Å². The van der Waals surface area contributed by atoms with Crippen LogP contribution in [0.3, 0.4) is 0 Å². The molecule has 684 valence electrons. The first-order valence-electron chi connectivity index (χ1n) is 44.5. The lowest BCUT2D eigenvalue weighted by atomic mass is 10.1. The monoisotopic (exact) mass is 1870 g/mol. The molecule has 0 saturated carbocycles. The van der Waals surface area contributed by atoms with Crippen LogP contribution in [0.4, 0.5) is 46.0 Å². The van der Waals surface area contributed by atoms with Crippen LogP contribution in [-0.4, -0.2) is 84.2 Å². The van der Waals surface area contributed by atoms with Gasteiger partial charge in [-0.1, -0.05) is 234 Å². The maximum Gasteiger partial charge on any atom is 0.307 e. The molecule has 0 atom stereocenters. The van der Waals surface area contributed by atoms with Gasteiger partial charge in [-0.3, -0.25) is 19.2 Å². The summed E-state index contributed by atoms with van der Waals surface area (Å²) in [5, 5.41) is 49.6. The molecule has 0 fully saturated rings. The van der Waals surface area contributed by atoms with Crippen LogP contribution in [0.5, 0.6) is 0 Å². The van der Waals surface area contributed by atoms with Crippen LogP contribution in [0, 0.1) is 13.8 Å². The van der Waals surface area contributed by atoms with Crippen molar-refractivity contribution in [1.29, 1.82) is 0 Å². The van der Waals surface area contributed by atoms with Crippen LogP contribution in [0.1, 0.15) is 137 Å². The maximum absolute atomic E-state index is 11.0. The van der Waals surface area contributed by atoms with Gasteiger partial charge < -0.3 is 41.7 Å². The summed E-state index contributed by atoms with van der Waals surface area (Å²) in [6, 6.07) is 87.0. The average molecular weight is 1870 g/mol. The highest BCUT2D eigenvalue weighted by Gasteiger charge is 2.21. The highest BCUT2D eigenvalue weighted by Crippen LogP contribution is 2.38. The topological polar surface area (TPSA) is 300 Å². The quantitative estimate of drug-likeness (QED) is 0.0169. The molecule has 20 nitrogen and oxygen atoms in total. The summed E-state index contributed by atoms with van der Waals surface area (Å²) in [6.07, 6.45) is 25.0. The fourth-order valence-corrected chi connectivity index (χ4v) is 17.9. The molecule has 0 spiro atoms. The van der Waals surface area contributed by atoms with Crippen LogP contribution in [0.25, 0.3) is 91.4 Å². The maximum atomic E-state index is 11.0. The number of carboxylic acids is 4. The van der Waals surface area contributed by atoms with Gasteiger partial charge in [0.15, 0.2) is 23.3 Å². The van der Waals surface area contributed by atoms with Crippen molar-refractivity contribution in [3.63, 3.8) is 0 Å². The van der Waals surface area contributed by atoms with Gasteiger partial charge in [0, 0.05) is 87.3 Å². The number of anilines is 8. The number of aryl methyl sites for hydroxylation is 4.